The van der Waals surface area contributed by atoms with Gasteiger partial charge in [-0.15, -0.1) is 0 Å². The lowest BCUT2D eigenvalue weighted by Gasteiger charge is -2.06. The first-order valence-corrected chi connectivity index (χ1v) is 7.78. The SMILES string of the molecule is Cc1cc(Sc2ccc(-c3ccccc3C#N)cc2)ccn1. The van der Waals surface area contributed by atoms with Gasteiger partial charge in [0.1, 0.15) is 0 Å². The van der Waals surface area contributed by atoms with Gasteiger partial charge in [-0.25, -0.2) is 0 Å². The highest BCUT2D eigenvalue weighted by Gasteiger charge is 2.04. The van der Waals surface area contributed by atoms with Gasteiger partial charge in [0.15, 0.2) is 0 Å². The molecular formula is C19H14N2S. The van der Waals surface area contributed by atoms with Crippen molar-refractivity contribution in [3.05, 3.63) is 78.1 Å². The van der Waals surface area contributed by atoms with Gasteiger partial charge >= 0.3 is 0 Å². The minimum Gasteiger partial charge on any atom is -0.262 e. The topological polar surface area (TPSA) is 36.7 Å². The van der Waals surface area contributed by atoms with Crippen LogP contribution in [-0.4, -0.2) is 4.98 Å². The van der Waals surface area contributed by atoms with Gasteiger partial charge in [0, 0.05) is 21.7 Å². The summed E-state index contributed by atoms with van der Waals surface area (Å²) in [5, 5.41) is 9.20. The molecule has 0 aliphatic carbocycles. The van der Waals surface area contributed by atoms with Crippen LogP contribution in [0, 0.1) is 18.3 Å². The Bertz CT molecular complexity index is 833. The third-order valence-corrected chi connectivity index (χ3v) is 4.31. The maximum absolute atomic E-state index is 9.20. The Balaban J connectivity index is 1.86. The van der Waals surface area contributed by atoms with Gasteiger partial charge in [0.25, 0.3) is 0 Å². The first-order chi connectivity index (χ1) is 10.8. The summed E-state index contributed by atoms with van der Waals surface area (Å²) in [7, 11) is 0. The molecular weight excluding hydrogens is 288 g/mol. The van der Waals surface area contributed by atoms with Crippen molar-refractivity contribution in [3.8, 4) is 17.2 Å². The van der Waals surface area contributed by atoms with E-state index in [1.807, 2.05) is 43.5 Å². The summed E-state index contributed by atoms with van der Waals surface area (Å²) in [5.74, 6) is 0. The molecule has 0 fully saturated rings. The van der Waals surface area contributed by atoms with Gasteiger partial charge in [-0.2, -0.15) is 5.26 Å². The monoisotopic (exact) mass is 302 g/mol. The molecule has 0 saturated carbocycles. The first kappa shape index (κ1) is 14.4. The van der Waals surface area contributed by atoms with Gasteiger partial charge in [-0.05, 0) is 48.4 Å². The highest BCUT2D eigenvalue weighted by molar-refractivity contribution is 7.99. The number of aromatic nitrogens is 1. The zero-order valence-corrected chi connectivity index (χ0v) is 13.0. The smallest absolute Gasteiger partial charge is 0.0998 e. The Morgan fingerprint density at radius 2 is 1.73 bits per heavy atom. The summed E-state index contributed by atoms with van der Waals surface area (Å²) in [4.78, 5) is 6.56. The summed E-state index contributed by atoms with van der Waals surface area (Å²) in [6.07, 6.45) is 1.83. The molecule has 3 rings (SSSR count). The van der Waals surface area contributed by atoms with Crippen molar-refractivity contribution in [1.29, 1.82) is 5.26 Å². The number of nitriles is 1. The Labute approximate surface area is 134 Å². The lowest BCUT2D eigenvalue weighted by molar-refractivity contribution is 1.16. The molecule has 0 aliphatic heterocycles. The van der Waals surface area contributed by atoms with Crippen molar-refractivity contribution in [1.82, 2.24) is 4.98 Å². The molecule has 3 aromatic rings. The highest BCUT2D eigenvalue weighted by atomic mass is 32.2. The largest absolute Gasteiger partial charge is 0.262 e. The van der Waals surface area contributed by atoms with E-state index in [-0.39, 0.29) is 0 Å². The van der Waals surface area contributed by atoms with E-state index in [0.717, 1.165) is 16.8 Å². The minimum absolute atomic E-state index is 0.702. The quantitative estimate of drug-likeness (QED) is 0.677. The van der Waals surface area contributed by atoms with Crippen molar-refractivity contribution in [2.75, 3.05) is 0 Å². The van der Waals surface area contributed by atoms with E-state index < -0.39 is 0 Å². The summed E-state index contributed by atoms with van der Waals surface area (Å²) in [5.41, 5.74) is 3.76. The van der Waals surface area contributed by atoms with Crippen LogP contribution in [0.2, 0.25) is 0 Å². The number of hydrogen-bond acceptors (Lipinski definition) is 3. The Morgan fingerprint density at radius 3 is 2.45 bits per heavy atom. The van der Waals surface area contributed by atoms with Crippen LogP contribution in [0.5, 0.6) is 0 Å². The van der Waals surface area contributed by atoms with E-state index in [1.165, 1.54) is 9.79 Å². The fraction of sp³-hybridized carbons (Fsp3) is 0.0526. The van der Waals surface area contributed by atoms with Crippen molar-refractivity contribution in [2.45, 2.75) is 16.7 Å². The minimum atomic E-state index is 0.702. The normalized spacial score (nSPS) is 10.2. The van der Waals surface area contributed by atoms with Gasteiger partial charge in [0.05, 0.1) is 11.6 Å². The van der Waals surface area contributed by atoms with Crippen LogP contribution < -0.4 is 0 Å². The average Bonchev–Trinajstić information content (AvgIpc) is 2.56. The lowest BCUT2D eigenvalue weighted by atomic mass is 10.0. The lowest BCUT2D eigenvalue weighted by Crippen LogP contribution is -1.84. The van der Waals surface area contributed by atoms with Crippen LogP contribution in [-0.2, 0) is 0 Å². The highest BCUT2D eigenvalue weighted by Crippen LogP contribution is 2.30. The van der Waals surface area contributed by atoms with Crippen molar-refractivity contribution in [3.63, 3.8) is 0 Å². The molecule has 0 amide bonds. The number of pyridine rings is 1. The second-order valence-electron chi connectivity index (χ2n) is 4.92. The number of hydrogen-bond donors (Lipinski definition) is 0. The predicted octanol–water partition coefficient (Wildman–Crippen LogP) is 5.08. The summed E-state index contributed by atoms with van der Waals surface area (Å²) in [6, 6.07) is 22.3. The fourth-order valence-electron chi connectivity index (χ4n) is 2.25. The Morgan fingerprint density at radius 1 is 0.955 bits per heavy atom. The number of benzene rings is 2. The number of rotatable bonds is 3. The second-order valence-corrected chi connectivity index (χ2v) is 6.06. The Kier molecular flexibility index (Phi) is 4.22. The van der Waals surface area contributed by atoms with E-state index in [0.29, 0.717) is 5.56 Å². The molecule has 1 aromatic heterocycles. The third-order valence-electron chi connectivity index (χ3n) is 3.32. The zero-order valence-electron chi connectivity index (χ0n) is 12.2. The molecule has 1 heterocycles. The van der Waals surface area contributed by atoms with Gasteiger partial charge in [-0.3, -0.25) is 4.98 Å². The van der Waals surface area contributed by atoms with E-state index >= 15 is 0 Å². The second kappa shape index (κ2) is 6.46. The molecule has 0 spiro atoms. The summed E-state index contributed by atoms with van der Waals surface area (Å²) < 4.78 is 0. The van der Waals surface area contributed by atoms with Crippen molar-refractivity contribution in [2.24, 2.45) is 0 Å². The van der Waals surface area contributed by atoms with E-state index in [9.17, 15) is 5.26 Å². The first-order valence-electron chi connectivity index (χ1n) is 6.96. The zero-order chi connectivity index (χ0) is 15.4. The van der Waals surface area contributed by atoms with E-state index in [1.54, 1.807) is 11.8 Å². The molecule has 0 saturated heterocycles. The molecule has 0 unspecified atom stereocenters. The maximum Gasteiger partial charge on any atom is 0.0998 e. The average molecular weight is 302 g/mol. The molecule has 0 aliphatic rings. The third kappa shape index (κ3) is 3.19. The van der Waals surface area contributed by atoms with Crippen LogP contribution >= 0.6 is 11.8 Å². The standard InChI is InChI=1S/C19H14N2S/c1-14-12-18(10-11-21-14)22-17-8-6-15(7-9-17)19-5-3-2-4-16(19)13-20/h2-12H,1H3. The van der Waals surface area contributed by atoms with Crippen LogP contribution in [0.3, 0.4) is 0 Å². The van der Waals surface area contributed by atoms with Crippen LogP contribution in [0.15, 0.2) is 76.7 Å². The Hall–Kier alpha value is -2.57. The molecule has 106 valence electrons. The molecule has 3 heteroatoms. The van der Waals surface area contributed by atoms with Crippen molar-refractivity contribution < 1.29 is 0 Å². The van der Waals surface area contributed by atoms with E-state index in [4.69, 9.17) is 0 Å². The van der Waals surface area contributed by atoms with Gasteiger partial charge in [0.2, 0.25) is 0 Å². The number of nitrogens with zero attached hydrogens (tertiary/aromatic N) is 2. The predicted molar refractivity (Wildman–Crippen MR) is 89.7 cm³/mol. The molecule has 0 atom stereocenters. The van der Waals surface area contributed by atoms with Crippen molar-refractivity contribution >= 4 is 11.8 Å². The van der Waals surface area contributed by atoms with Gasteiger partial charge < -0.3 is 0 Å². The van der Waals surface area contributed by atoms with Gasteiger partial charge in [-0.1, -0.05) is 42.1 Å². The van der Waals surface area contributed by atoms with E-state index in [2.05, 4.69) is 41.4 Å². The van der Waals surface area contributed by atoms with Crippen LogP contribution in [0.1, 0.15) is 11.3 Å². The number of aryl methyl sites for hydroxylation is 1. The maximum atomic E-state index is 9.20. The molecule has 2 aromatic carbocycles. The summed E-state index contributed by atoms with van der Waals surface area (Å²) >= 11 is 1.71. The summed E-state index contributed by atoms with van der Waals surface area (Å²) in [6.45, 7) is 1.99. The molecule has 0 N–H and O–H groups in total. The molecule has 2 nitrogen and oxygen atoms in total. The fourth-order valence-corrected chi connectivity index (χ4v) is 3.16. The molecule has 0 bridgehead atoms. The van der Waals surface area contributed by atoms with Crippen LogP contribution in [0.25, 0.3) is 11.1 Å². The molecule has 22 heavy (non-hydrogen) atoms. The van der Waals surface area contributed by atoms with Crippen LogP contribution in [0.4, 0.5) is 0 Å². The molecule has 0 radical (unpaired) electrons.